The molecule has 0 unspecified atom stereocenters. The molecule has 0 amide bonds. The van der Waals surface area contributed by atoms with Gasteiger partial charge in [-0.15, -0.1) is 0 Å². The van der Waals surface area contributed by atoms with Gasteiger partial charge in [-0.3, -0.25) is 4.90 Å². The Labute approximate surface area is 155 Å². The fraction of sp³-hybridized carbons (Fsp3) is 0.400. The van der Waals surface area contributed by atoms with E-state index in [2.05, 4.69) is 24.0 Å². The van der Waals surface area contributed by atoms with Crippen LogP contribution in [0.5, 0.6) is 0 Å². The highest BCUT2D eigenvalue weighted by molar-refractivity contribution is 7.89. The molecule has 2 aromatic rings. The van der Waals surface area contributed by atoms with E-state index in [1.54, 1.807) is 4.31 Å². The van der Waals surface area contributed by atoms with Crippen LogP contribution in [0.15, 0.2) is 59.5 Å². The summed E-state index contributed by atoms with van der Waals surface area (Å²) in [5.74, 6) is -0.435. The summed E-state index contributed by atoms with van der Waals surface area (Å²) in [6.07, 6.45) is 0.797. The standard InChI is InChI=1S/C20H25FN2O2S/c1-3-23(26(24,25)20-11-9-18(21)10-12-20)19-13-14-22(15-19)16(2)17-7-5-4-6-8-17/h4-12,16,19H,3,13-15H2,1-2H3/t16-,19-/m0/s1. The average Bonchev–Trinajstić information content (AvgIpc) is 3.12. The van der Waals surface area contributed by atoms with Crippen LogP contribution in [0.3, 0.4) is 0 Å². The van der Waals surface area contributed by atoms with Crippen molar-refractivity contribution >= 4 is 10.0 Å². The lowest BCUT2D eigenvalue weighted by atomic mass is 10.1. The van der Waals surface area contributed by atoms with Crippen LogP contribution in [0.2, 0.25) is 0 Å². The van der Waals surface area contributed by atoms with Crippen molar-refractivity contribution < 1.29 is 12.8 Å². The van der Waals surface area contributed by atoms with E-state index in [4.69, 9.17) is 0 Å². The number of hydrogen-bond acceptors (Lipinski definition) is 3. The number of halogens is 1. The number of hydrogen-bond donors (Lipinski definition) is 0. The van der Waals surface area contributed by atoms with Crippen molar-refractivity contribution in [2.45, 2.75) is 37.2 Å². The molecule has 3 rings (SSSR count). The first kappa shape index (κ1) is 19.0. The average molecular weight is 376 g/mol. The summed E-state index contributed by atoms with van der Waals surface area (Å²) in [5, 5.41) is 0. The monoisotopic (exact) mass is 376 g/mol. The summed E-state index contributed by atoms with van der Waals surface area (Å²) in [7, 11) is -3.63. The summed E-state index contributed by atoms with van der Waals surface area (Å²) in [4.78, 5) is 2.47. The predicted molar refractivity (Wildman–Crippen MR) is 101 cm³/mol. The van der Waals surface area contributed by atoms with Crippen molar-refractivity contribution in [2.24, 2.45) is 0 Å². The lowest BCUT2D eigenvalue weighted by Gasteiger charge is -2.29. The van der Waals surface area contributed by atoms with Crippen LogP contribution in [0.1, 0.15) is 31.9 Å². The van der Waals surface area contributed by atoms with Crippen molar-refractivity contribution in [3.05, 3.63) is 66.0 Å². The molecule has 0 radical (unpaired) electrons. The molecular weight excluding hydrogens is 351 g/mol. The topological polar surface area (TPSA) is 40.6 Å². The number of benzene rings is 2. The normalized spacial score (nSPS) is 19.8. The van der Waals surface area contributed by atoms with E-state index in [9.17, 15) is 12.8 Å². The van der Waals surface area contributed by atoms with Gasteiger partial charge >= 0.3 is 0 Å². The van der Waals surface area contributed by atoms with Crippen LogP contribution in [-0.2, 0) is 10.0 Å². The van der Waals surface area contributed by atoms with E-state index >= 15 is 0 Å². The second-order valence-electron chi connectivity index (χ2n) is 6.69. The minimum atomic E-state index is -3.63. The quantitative estimate of drug-likeness (QED) is 0.772. The molecule has 0 bridgehead atoms. The lowest BCUT2D eigenvalue weighted by Crippen LogP contribution is -2.42. The van der Waals surface area contributed by atoms with E-state index in [1.807, 2.05) is 25.1 Å². The zero-order valence-corrected chi connectivity index (χ0v) is 16.0. The van der Waals surface area contributed by atoms with Crippen molar-refractivity contribution in [3.8, 4) is 0 Å². The predicted octanol–water partition coefficient (Wildman–Crippen LogP) is 3.67. The largest absolute Gasteiger partial charge is 0.295 e. The highest BCUT2D eigenvalue weighted by Crippen LogP contribution is 2.29. The molecule has 1 fully saturated rings. The summed E-state index contributed by atoms with van der Waals surface area (Å²) in [5.41, 5.74) is 1.23. The molecule has 1 aliphatic rings. The SMILES string of the molecule is CCN([C@H]1CCN([C@@H](C)c2ccccc2)C1)S(=O)(=O)c1ccc(F)cc1. The third-order valence-corrected chi connectivity index (χ3v) is 7.21. The molecule has 140 valence electrons. The van der Waals surface area contributed by atoms with Crippen LogP contribution in [0, 0.1) is 5.82 Å². The van der Waals surface area contributed by atoms with E-state index in [0.29, 0.717) is 13.1 Å². The van der Waals surface area contributed by atoms with Crippen LogP contribution in [0.25, 0.3) is 0 Å². The van der Waals surface area contributed by atoms with Gasteiger partial charge in [0.05, 0.1) is 4.90 Å². The Morgan fingerprint density at radius 1 is 1.15 bits per heavy atom. The van der Waals surface area contributed by atoms with E-state index in [0.717, 1.165) is 13.0 Å². The van der Waals surface area contributed by atoms with Gasteiger partial charge in [0.2, 0.25) is 10.0 Å². The molecule has 2 aromatic carbocycles. The first-order chi connectivity index (χ1) is 12.4. The number of rotatable bonds is 6. The smallest absolute Gasteiger partial charge is 0.243 e. The van der Waals surface area contributed by atoms with Crippen LogP contribution < -0.4 is 0 Å². The summed E-state index contributed by atoms with van der Waals surface area (Å²) in [6, 6.07) is 15.5. The Balaban J connectivity index is 1.76. The highest BCUT2D eigenvalue weighted by Gasteiger charge is 2.36. The highest BCUT2D eigenvalue weighted by atomic mass is 32.2. The maximum Gasteiger partial charge on any atom is 0.243 e. The lowest BCUT2D eigenvalue weighted by molar-refractivity contribution is 0.239. The molecule has 0 aromatic heterocycles. The molecule has 4 nitrogen and oxygen atoms in total. The number of sulfonamides is 1. The van der Waals surface area contributed by atoms with Crippen molar-refractivity contribution in [1.29, 1.82) is 0 Å². The van der Waals surface area contributed by atoms with Crippen molar-refractivity contribution in [1.82, 2.24) is 9.21 Å². The second-order valence-corrected chi connectivity index (χ2v) is 8.58. The van der Waals surface area contributed by atoms with Gasteiger partial charge in [-0.2, -0.15) is 4.31 Å². The maximum atomic E-state index is 13.1. The third-order valence-electron chi connectivity index (χ3n) is 5.16. The second kappa shape index (κ2) is 7.86. The number of likely N-dealkylation sites (tertiary alicyclic amines) is 1. The van der Waals surface area contributed by atoms with Gasteiger partial charge in [0.15, 0.2) is 0 Å². The molecule has 0 spiro atoms. The molecular formula is C20H25FN2O2S. The molecule has 1 saturated heterocycles. The summed E-state index contributed by atoms with van der Waals surface area (Å²) < 4.78 is 40.7. The van der Waals surface area contributed by atoms with Crippen molar-refractivity contribution in [2.75, 3.05) is 19.6 Å². The molecule has 6 heteroatoms. The van der Waals surface area contributed by atoms with Gasteiger partial charge in [-0.05, 0) is 43.2 Å². The summed E-state index contributed by atoms with van der Waals surface area (Å²) in [6.45, 7) is 5.96. The van der Waals surface area contributed by atoms with E-state index in [-0.39, 0.29) is 17.0 Å². The van der Waals surface area contributed by atoms with Gasteiger partial charge < -0.3 is 0 Å². The molecule has 0 N–H and O–H groups in total. The third kappa shape index (κ3) is 3.82. The molecule has 0 saturated carbocycles. The zero-order valence-electron chi connectivity index (χ0n) is 15.2. The van der Waals surface area contributed by atoms with Gasteiger partial charge in [0, 0.05) is 31.7 Å². The zero-order chi connectivity index (χ0) is 18.7. The van der Waals surface area contributed by atoms with Gasteiger partial charge in [0.1, 0.15) is 5.82 Å². The van der Waals surface area contributed by atoms with Gasteiger partial charge in [-0.1, -0.05) is 37.3 Å². The van der Waals surface area contributed by atoms with E-state index in [1.165, 1.54) is 29.8 Å². The van der Waals surface area contributed by atoms with Crippen LogP contribution in [0.4, 0.5) is 4.39 Å². The van der Waals surface area contributed by atoms with Crippen LogP contribution in [-0.4, -0.2) is 43.3 Å². The first-order valence-electron chi connectivity index (χ1n) is 9.00. The number of nitrogens with zero attached hydrogens (tertiary/aromatic N) is 2. The minimum Gasteiger partial charge on any atom is -0.295 e. The molecule has 1 heterocycles. The summed E-state index contributed by atoms with van der Waals surface area (Å²) >= 11 is 0. The minimum absolute atomic E-state index is 0.0683. The molecule has 26 heavy (non-hydrogen) atoms. The maximum absolute atomic E-state index is 13.1. The number of likely N-dealkylation sites (N-methyl/N-ethyl adjacent to an activating group) is 1. The van der Waals surface area contributed by atoms with E-state index < -0.39 is 15.8 Å². The van der Waals surface area contributed by atoms with Gasteiger partial charge in [-0.25, -0.2) is 12.8 Å². The Morgan fingerprint density at radius 2 is 1.81 bits per heavy atom. The Hall–Kier alpha value is -1.76. The van der Waals surface area contributed by atoms with Crippen LogP contribution >= 0.6 is 0 Å². The fourth-order valence-corrected chi connectivity index (χ4v) is 5.32. The first-order valence-corrected chi connectivity index (χ1v) is 10.4. The Kier molecular flexibility index (Phi) is 5.75. The molecule has 2 atom stereocenters. The van der Waals surface area contributed by atoms with Gasteiger partial charge in [0.25, 0.3) is 0 Å². The molecule has 1 aliphatic heterocycles. The Morgan fingerprint density at radius 3 is 2.42 bits per heavy atom. The molecule has 0 aliphatic carbocycles. The Bertz CT molecular complexity index is 825. The fourth-order valence-electron chi connectivity index (χ4n) is 3.66. The van der Waals surface area contributed by atoms with Crippen molar-refractivity contribution in [3.63, 3.8) is 0 Å².